The van der Waals surface area contributed by atoms with Gasteiger partial charge in [0.25, 0.3) is 0 Å². The van der Waals surface area contributed by atoms with Gasteiger partial charge in [0.2, 0.25) is 0 Å². The fraction of sp³-hybridized carbons (Fsp3) is 0.107. The maximum Gasteiger partial charge on any atom is 0.195 e. The van der Waals surface area contributed by atoms with Gasteiger partial charge in [-0.2, -0.15) is 0 Å². The number of hydrogen-bond donors (Lipinski definition) is 0. The molecule has 0 unspecified atom stereocenters. The van der Waals surface area contributed by atoms with Crippen LogP contribution in [0.25, 0.3) is 6.08 Å². The Morgan fingerprint density at radius 1 is 0.970 bits per heavy atom. The first-order valence-corrected chi connectivity index (χ1v) is 12.4. The SMILES string of the molecule is COc1ccc(/C=C/C(=O)c2ccc(Cc3ccccc3)s2)cc1COc1ccc(I)cc1. The fourth-order valence-corrected chi connectivity index (χ4v) is 4.69. The van der Waals surface area contributed by atoms with Crippen molar-refractivity contribution in [3.63, 3.8) is 0 Å². The molecule has 3 nitrogen and oxygen atoms in total. The lowest BCUT2D eigenvalue weighted by atomic mass is 10.1. The standard InChI is InChI=1S/C28H23IO3S/c1-31-27-15-8-21(17-22(27)19-32-24-11-9-23(29)10-12-24)7-14-26(30)28-16-13-25(33-28)18-20-5-3-2-4-6-20/h2-17H,18-19H2,1H3/b14-7+. The van der Waals surface area contributed by atoms with Crippen molar-refractivity contribution in [3.8, 4) is 11.5 Å². The molecule has 4 rings (SSSR count). The molecule has 1 heterocycles. The molecule has 0 aliphatic heterocycles. The fourth-order valence-electron chi connectivity index (χ4n) is 3.36. The Morgan fingerprint density at radius 3 is 2.52 bits per heavy atom. The molecule has 0 atom stereocenters. The molecule has 5 heteroatoms. The third kappa shape index (κ3) is 6.55. The minimum atomic E-state index is 0.00631. The lowest BCUT2D eigenvalue weighted by Gasteiger charge is -2.11. The van der Waals surface area contributed by atoms with E-state index in [4.69, 9.17) is 9.47 Å². The number of thiophene rings is 1. The third-order valence-corrected chi connectivity index (χ3v) is 6.88. The van der Waals surface area contributed by atoms with Crippen molar-refractivity contribution in [2.45, 2.75) is 13.0 Å². The molecule has 166 valence electrons. The van der Waals surface area contributed by atoms with E-state index in [9.17, 15) is 4.79 Å². The molecule has 1 aromatic heterocycles. The van der Waals surface area contributed by atoms with Gasteiger partial charge in [-0.15, -0.1) is 11.3 Å². The highest BCUT2D eigenvalue weighted by molar-refractivity contribution is 14.1. The normalized spacial score (nSPS) is 11.0. The number of methoxy groups -OCH3 is 1. The second-order valence-electron chi connectivity index (χ2n) is 7.44. The third-order valence-electron chi connectivity index (χ3n) is 5.07. The Labute approximate surface area is 211 Å². The summed E-state index contributed by atoms with van der Waals surface area (Å²) in [5.41, 5.74) is 3.09. The Balaban J connectivity index is 1.42. The first kappa shape index (κ1) is 23.3. The molecule has 0 radical (unpaired) electrons. The molecular weight excluding hydrogens is 543 g/mol. The van der Waals surface area contributed by atoms with Crippen molar-refractivity contribution in [1.29, 1.82) is 0 Å². The van der Waals surface area contributed by atoms with Crippen LogP contribution in [-0.4, -0.2) is 12.9 Å². The highest BCUT2D eigenvalue weighted by Gasteiger charge is 2.09. The van der Waals surface area contributed by atoms with E-state index in [1.54, 1.807) is 24.5 Å². The van der Waals surface area contributed by atoms with Gasteiger partial charge in [0.05, 0.1) is 12.0 Å². The van der Waals surface area contributed by atoms with Crippen molar-refractivity contribution < 1.29 is 14.3 Å². The quantitative estimate of drug-likeness (QED) is 0.120. The lowest BCUT2D eigenvalue weighted by Crippen LogP contribution is -1.99. The van der Waals surface area contributed by atoms with Gasteiger partial charge in [0, 0.05) is 20.4 Å². The van der Waals surface area contributed by atoms with E-state index in [0.29, 0.717) is 6.61 Å². The number of carbonyl (C=O) groups is 1. The molecule has 0 amide bonds. The van der Waals surface area contributed by atoms with E-state index in [1.165, 1.54) is 10.4 Å². The van der Waals surface area contributed by atoms with Gasteiger partial charge in [0.1, 0.15) is 18.1 Å². The summed E-state index contributed by atoms with van der Waals surface area (Å²) < 4.78 is 12.6. The Kier molecular flexibility index (Phi) is 7.96. The molecule has 0 bridgehead atoms. The van der Waals surface area contributed by atoms with Crippen molar-refractivity contribution in [1.82, 2.24) is 0 Å². The van der Waals surface area contributed by atoms with E-state index in [-0.39, 0.29) is 5.78 Å². The Morgan fingerprint density at radius 2 is 1.76 bits per heavy atom. The van der Waals surface area contributed by atoms with Gasteiger partial charge in [-0.05, 0) is 88.3 Å². The van der Waals surface area contributed by atoms with Crippen molar-refractivity contribution in [3.05, 3.63) is 121 Å². The summed E-state index contributed by atoms with van der Waals surface area (Å²) in [5.74, 6) is 1.57. The van der Waals surface area contributed by atoms with Crippen LogP contribution in [0.15, 0.2) is 91.0 Å². The number of ketones is 1. The van der Waals surface area contributed by atoms with Crippen LogP contribution in [0.4, 0.5) is 0 Å². The first-order valence-electron chi connectivity index (χ1n) is 10.5. The first-order chi connectivity index (χ1) is 16.1. The molecule has 0 spiro atoms. The molecular formula is C28H23IO3S. The average Bonchev–Trinajstić information content (AvgIpc) is 3.31. The summed E-state index contributed by atoms with van der Waals surface area (Å²) >= 11 is 3.81. The maximum absolute atomic E-state index is 12.7. The van der Waals surface area contributed by atoms with E-state index in [2.05, 4.69) is 34.7 Å². The average molecular weight is 566 g/mol. The number of carbonyl (C=O) groups excluding carboxylic acids is 1. The van der Waals surface area contributed by atoms with Crippen LogP contribution in [0.5, 0.6) is 11.5 Å². The number of hydrogen-bond acceptors (Lipinski definition) is 4. The van der Waals surface area contributed by atoms with E-state index in [0.717, 1.165) is 37.5 Å². The zero-order chi connectivity index (χ0) is 23.0. The van der Waals surface area contributed by atoms with Crippen LogP contribution >= 0.6 is 33.9 Å². The summed E-state index contributed by atoms with van der Waals surface area (Å²) in [6.07, 6.45) is 4.31. The van der Waals surface area contributed by atoms with Crippen LogP contribution < -0.4 is 9.47 Å². The van der Waals surface area contributed by atoms with Crippen molar-refractivity contribution >= 4 is 45.8 Å². The second kappa shape index (κ2) is 11.3. The minimum Gasteiger partial charge on any atom is -0.496 e. The Hall–Kier alpha value is -2.90. The number of rotatable bonds is 9. The molecule has 0 aliphatic carbocycles. The predicted octanol–water partition coefficient (Wildman–Crippen LogP) is 7.43. The zero-order valence-corrected chi connectivity index (χ0v) is 21.1. The van der Waals surface area contributed by atoms with E-state index < -0.39 is 0 Å². The molecule has 0 saturated heterocycles. The highest BCUT2D eigenvalue weighted by atomic mass is 127. The summed E-state index contributed by atoms with van der Waals surface area (Å²) in [4.78, 5) is 14.6. The van der Waals surface area contributed by atoms with Gasteiger partial charge in [-0.1, -0.05) is 42.5 Å². The number of ether oxygens (including phenoxy) is 2. The van der Waals surface area contributed by atoms with Gasteiger partial charge in [0.15, 0.2) is 5.78 Å². The van der Waals surface area contributed by atoms with E-state index in [1.807, 2.05) is 78.9 Å². The van der Waals surface area contributed by atoms with Crippen LogP contribution in [0, 0.1) is 3.57 Å². The second-order valence-corrected chi connectivity index (χ2v) is 9.85. The maximum atomic E-state index is 12.7. The molecule has 33 heavy (non-hydrogen) atoms. The summed E-state index contributed by atoms with van der Waals surface area (Å²) in [6, 6.07) is 28.0. The summed E-state index contributed by atoms with van der Waals surface area (Å²) in [7, 11) is 1.65. The molecule has 0 N–H and O–H groups in total. The highest BCUT2D eigenvalue weighted by Crippen LogP contribution is 2.24. The molecule has 3 aromatic carbocycles. The summed E-state index contributed by atoms with van der Waals surface area (Å²) in [5, 5.41) is 0. The zero-order valence-electron chi connectivity index (χ0n) is 18.2. The molecule has 4 aromatic rings. The minimum absolute atomic E-state index is 0.00631. The van der Waals surface area contributed by atoms with Gasteiger partial charge in [-0.25, -0.2) is 0 Å². The number of halogens is 1. The molecule has 0 fully saturated rings. The van der Waals surface area contributed by atoms with Crippen molar-refractivity contribution in [2.75, 3.05) is 7.11 Å². The lowest BCUT2D eigenvalue weighted by molar-refractivity contribution is 0.105. The molecule has 0 saturated carbocycles. The monoisotopic (exact) mass is 566 g/mol. The van der Waals surface area contributed by atoms with Gasteiger partial charge < -0.3 is 9.47 Å². The molecule has 0 aliphatic rings. The number of benzene rings is 3. The van der Waals surface area contributed by atoms with Crippen molar-refractivity contribution in [2.24, 2.45) is 0 Å². The van der Waals surface area contributed by atoms with Gasteiger partial charge >= 0.3 is 0 Å². The largest absolute Gasteiger partial charge is 0.496 e. The topological polar surface area (TPSA) is 35.5 Å². The van der Waals surface area contributed by atoms with Crippen LogP contribution in [0.2, 0.25) is 0 Å². The van der Waals surface area contributed by atoms with Crippen LogP contribution in [-0.2, 0) is 13.0 Å². The van der Waals surface area contributed by atoms with Crippen LogP contribution in [0.3, 0.4) is 0 Å². The Bertz CT molecular complexity index is 1240. The summed E-state index contributed by atoms with van der Waals surface area (Å²) in [6.45, 7) is 0.382. The number of allylic oxidation sites excluding steroid dienone is 1. The smallest absolute Gasteiger partial charge is 0.195 e. The van der Waals surface area contributed by atoms with E-state index >= 15 is 0 Å². The van der Waals surface area contributed by atoms with Crippen LogP contribution in [0.1, 0.15) is 31.2 Å². The van der Waals surface area contributed by atoms with Gasteiger partial charge in [-0.3, -0.25) is 4.79 Å². The predicted molar refractivity (Wildman–Crippen MR) is 143 cm³/mol.